The Balaban J connectivity index is 2.44. The van der Waals surface area contributed by atoms with E-state index in [4.69, 9.17) is 0 Å². The Morgan fingerprint density at radius 1 is 1.50 bits per heavy atom. The van der Waals surface area contributed by atoms with Gasteiger partial charge in [0.2, 0.25) is 0 Å². The highest BCUT2D eigenvalue weighted by Crippen LogP contribution is 2.47. The summed E-state index contributed by atoms with van der Waals surface area (Å²) in [6.45, 7) is 1.78. The van der Waals surface area contributed by atoms with Gasteiger partial charge >= 0.3 is 0 Å². The van der Waals surface area contributed by atoms with Crippen molar-refractivity contribution in [2.24, 2.45) is 5.41 Å². The van der Waals surface area contributed by atoms with E-state index in [-0.39, 0.29) is 22.5 Å². The Bertz CT molecular complexity index is 339. The van der Waals surface area contributed by atoms with Crippen LogP contribution in [-0.2, 0) is 9.59 Å². The Labute approximate surface area is 82.0 Å². The average molecular weight is 195 g/mol. The maximum atomic E-state index is 11.3. The van der Waals surface area contributed by atoms with E-state index in [1.807, 2.05) is 0 Å². The third-order valence-electron chi connectivity index (χ3n) is 3.22. The van der Waals surface area contributed by atoms with Gasteiger partial charge in [-0.05, 0) is 19.8 Å². The van der Waals surface area contributed by atoms with E-state index in [2.05, 4.69) is 5.32 Å². The molecule has 4 heteroatoms. The van der Waals surface area contributed by atoms with Crippen LogP contribution in [0, 0.1) is 5.41 Å². The lowest BCUT2D eigenvalue weighted by atomic mass is 9.65. The Kier molecular flexibility index (Phi) is 1.87. The Morgan fingerprint density at radius 3 is 2.57 bits per heavy atom. The molecule has 1 aliphatic carbocycles. The van der Waals surface area contributed by atoms with E-state index in [9.17, 15) is 14.7 Å². The number of rotatable bonds is 1. The molecule has 1 heterocycles. The molecule has 1 aliphatic heterocycles. The zero-order valence-electron chi connectivity index (χ0n) is 8.09. The van der Waals surface area contributed by atoms with Crippen molar-refractivity contribution in [2.45, 2.75) is 26.2 Å². The van der Waals surface area contributed by atoms with Crippen LogP contribution in [0.25, 0.3) is 0 Å². The highest BCUT2D eigenvalue weighted by molar-refractivity contribution is 6.19. The second kappa shape index (κ2) is 2.83. The van der Waals surface area contributed by atoms with Gasteiger partial charge in [-0.1, -0.05) is 6.42 Å². The lowest BCUT2D eigenvalue weighted by Crippen LogP contribution is -2.50. The molecule has 1 saturated carbocycles. The smallest absolute Gasteiger partial charge is 0.258 e. The molecule has 0 bridgehead atoms. The summed E-state index contributed by atoms with van der Waals surface area (Å²) in [5.74, 6) is -0.779. The summed E-state index contributed by atoms with van der Waals surface area (Å²) in [6.07, 6.45) is 2.76. The van der Waals surface area contributed by atoms with E-state index < -0.39 is 5.91 Å². The van der Waals surface area contributed by atoms with Gasteiger partial charge in [0.05, 0.1) is 0 Å². The average Bonchev–Trinajstić information content (AvgIpc) is 2.00. The first kappa shape index (κ1) is 9.24. The van der Waals surface area contributed by atoms with Crippen LogP contribution in [0.4, 0.5) is 0 Å². The summed E-state index contributed by atoms with van der Waals surface area (Å²) in [6, 6.07) is 0. The van der Waals surface area contributed by atoms with Gasteiger partial charge in [-0.25, -0.2) is 0 Å². The molecule has 4 nitrogen and oxygen atoms in total. The van der Waals surface area contributed by atoms with Gasteiger partial charge in [-0.15, -0.1) is 0 Å². The number of ketones is 1. The fourth-order valence-corrected chi connectivity index (χ4v) is 2.14. The van der Waals surface area contributed by atoms with Crippen molar-refractivity contribution in [3.8, 4) is 0 Å². The molecule has 0 unspecified atom stereocenters. The molecule has 1 amide bonds. The second-order valence-corrected chi connectivity index (χ2v) is 4.10. The molecule has 2 aliphatic rings. The molecule has 2 rings (SSSR count). The highest BCUT2D eigenvalue weighted by Gasteiger charge is 2.47. The maximum absolute atomic E-state index is 11.3. The van der Waals surface area contributed by atoms with E-state index in [0.717, 1.165) is 19.3 Å². The fourth-order valence-electron chi connectivity index (χ4n) is 2.14. The van der Waals surface area contributed by atoms with Crippen LogP contribution in [-0.4, -0.2) is 23.3 Å². The number of aliphatic hydroxyl groups excluding tert-OH is 1. The first-order valence-corrected chi connectivity index (χ1v) is 4.80. The van der Waals surface area contributed by atoms with Gasteiger partial charge in [0, 0.05) is 12.0 Å². The van der Waals surface area contributed by atoms with Crippen LogP contribution >= 0.6 is 0 Å². The summed E-state index contributed by atoms with van der Waals surface area (Å²) >= 11 is 0. The van der Waals surface area contributed by atoms with Crippen LogP contribution in [0.1, 0.15) is 26.2 Å². The van der Waals surface area contributed by atoms with Crippen LogP contribution < -0.4 is 5.32 Å². The first-order chi connectivity index (χ1) is 6.57. The molecule has 0 aromatic rings. The standard InChI is InChI=1S/C10H13NO3/c1-6(12)7-8(13)10(3-2-4-10)5-11-9(7)14/h13H,2-5H2,1H3,(H,11,14). The van der Waals surface area contributed by atoms with E-state index >= 15 is 0 Å². The number of nitrogens with one attached hydrogen (secondary N) is 1. The molecule has 76 valence electrons. The zero-order chi connectivity index (χ0) is 10.3. The second-order valence-electron chi connectivity index (χ2n) is 4.10. The largest absolute Gasteiger partial charge is 0.511 e. The molecule has 2 N–H and O–H groups in total. The van der Waals surface area contributed by atoms with E-state index in [0.29, 0.717) is 6.54 Å². The minimum atomic E-state index is -0.437. The first-order valence-electron chi connectivity index (χ1n) is 4.80. The van der Waals surface area contributed by atoms with Crippen LogP contribution in [0.3, 0.4) is 0 Å². The summed E-state index contributed by atoms with van der Waals surface area (Å²) in [5.41, 5.74) is -0.370. The number of carbonyl (C=O) groups is 2. The molecule has 0 radical (unpaired) electrons. The number of hydrogen-bond donors (Lipinski definition) is 2. The van der Waals surface area contributed by atoms with Gasteiger partial charge in [-0.2, -0.15) is 0 Å². The molecule has 0 aromatic heterocycles. The molecular formula is C10H13NO3. The summed E-state index contributed by atoms with van der Waals surface area (Å²) in [5, 5.41) is 12.5. The van der Waals surface area contributed by atoms with Crippen LogP contribution in [0.5, 0.6) is 0 Å². The Hall–Kier alpha value is -1.32. The van der Waals surface area contributed by atoms with Crippen molar-refractivity contribution in [1.29, 1.82) is 0 Å². The van der Waals surface area contributed by atoms with E-state index in [1.54, 1.807) is 0 Å². The third-order valence-corrected chi connectivity index (χ3v) is 3.22. The van der Waals surface area contributed by atoms with Crippen molar-refractivity contribution in [3.05, 3.63) is 11.3 Å². The molecule has 0 saturated heterocycles. The molecule has 1 fully saturated rings. The van der Waals surface area contributed by atoms with Gasteiger partial charge in [-0.3, -0.25) is 9.59 Å². The van der Waals surface area contributed by atoms with Crippen molar-refractivity contribution in [1.82, 2.24) is 5.32 Å². The predicted octanol–water partition coefficient (Wildman–Crippen LogP) is 0.688. The number of Topliss-reactive ketones (excluding diaryl/α,β-unsaturated/α-hetero) is 1. The summed E-state index contributed by atoms with van der Waals surface area (Å²) < 4.78 is 0. The monoisotopic (exact) mass is 195 g/mol. The molecule has 14 heavy (non-hydrogen) atoms. The van der Waals surface area contributed by atoms with Crippen molar-refractivity contribution in [3.63, 3.8) is 0 Å². The molecule has 0 aromatic carbocycles. The number of amides is 1. The molecule has 0 atom stereocenters. The lowest BCUT2D eigenvalue weighted by molar-refractivity contribution is -0.124. The minimum Gasteiger partial charge on any atom is -0.511 e. The normalized spacial score (nSPS) is 24.5. The summed E-state index contributed by atoms with van der Waals surface area (Å²) in [4.78, 5) is 22.5. The summed E-state index contributed by atoms with van der Waals surface area (Å²) in [7, 11) is 0. The zero-order valence-corrected chi connectivity index (χ0v) is 8.09. The van der Waals surface area contributed by atoms with Gasteiger partial charge < -0.3 is 10.4 Å². The van der Waals surface area contributed by atoms with Gasteiger partial charge in [0.1, 0.15) is 11.3 Å². The lowest BCUT2D eigenvalue weighted by Gasteiger charge is -2.44. The van der Waals surface area contributed by atoms with Crippen molar-refractivity contribution in [2.75, 3.05) is 6.54 Å². The van der Waals surface area contributed by atoms with Crippen LogP contribution in [0.2, 0.25) is 0 Å². The van der Waals surface area contributed by atoms with Crippen molar-refractivity contribution < 1.29 is 14.7 Å². The molecular weight excluding hydrogens is 182 g/mol. The molecule has 1 spiro atoms. The number of carbonyl (C=O) groups excluding carboxylic acids is 2. The van der Waals surface area contributed by atoms with Crippen molar-refractivity contribution >= 4 is 11.7 Å². The quantitative estimate of drug-likeness (QED) is 0.605. The van der Waals surface area contributed by atoms with Gasteiger partial charge in [0.15, 0.2) is 5.78 Å². The highest BCUT2D eigenvalue weighted by atomic mass is 16.3. The SMILES string of the molecule is CC(=O)C1=C(O)C2(CCC2)CNC1=O. The van der Waals surface area contributed by atoms with Crippen LogP contribution in [0.15, 0.2) is 11.3 Å². The minimum absolute atomic E-state index is 0.0139. The number of hydrogen-bond acceptors (Lipinski definition) is 3. The predicted molar refractivity (Wildman–Crippen MR) is 49.6 cm³/mol. The topological polar surface area (TPSA) is 66.4 Å². The maximum Gasteiger partial charge on any atom is 0.258 e. The fraction of sp³-hybridized carbons (Fsp3) is 0.600. The van der Waals surface area contributed by atoms with Gasteiger partial charge in [0.25, 0.3) is 5.91 Å². The van der Waals surface area contributed by atoms with E-state index in [1.165, 1.54) is 6.92 Å². The number of aliphatic hydroxyl groups is 1. The Morgan fingerprint density at radius 2 is 2.14 bits per heavy atom. The third kappa shape index (κ3) is 1.06.